The molecule has 0 fully saturated rings. The number of hydrogen-bond acceptors (Lipinski definition) is 5. The first-order valence-electron chi connectivity index (χ1n) is 9.15. The summed E-state index contributed by atoms with van der Waals surface area (Å²) in [5.74, 6) is 1.33. The van der Waals surface area contributed by atoms with Crippen molar-refractivity contribution >= 4 is 11.6 Å². The second kappa shape index (κ2) is 11.1. The van der Waals surface area contributed by atoms with Crippen molar-refractivity contribution in [1.82, 2.24) is 4.90 Å². The third-order valence-corrected chi connectivity index (χ3v) is 4.04. The molecule has 0 radical (unpaired) electrons. The molecule has 6 heteroatoms. The molecule has 0 bridgehead atoms. The zero-order valence-corrected chi connectivity index (χ0v) is 16.4. The van der Waals surface area contributed by atoms with E-state index in [0.717, 1.165) is 11.3 Å². The highest BCUT2D eigenvalue weighted by Gasteiger charge is 2.12. The van der Waals surface area contributed by atoms with Gasteiger partial charge in [0.25, 0.3) is 0 Å². The van der Waals surface area contributed by atoms with E-state index in [0.29, 0.717) is 31.1 Å². The molecule has 1 amide bonds. The minimum Gasteiger partial charge on any atom is -0.497 e. The number of amides is 1. The largest absolute Gasteiger partial charge is 0.497 e. The number of carbonyl (C=O) groups excluding carboxylic acids is 1. The summed E-state index contributed by atoms with van der Waals surface area (Å²) >= 11 is 0. The highest BCUT2D eigenvalue weighted by atomic mass is 16.5. The lowest BCUT2D eigenvalue weighted by atomic mass is 10.2. The van der Waals surface area contributed by atoms with Crippen molar-refractivity contribution in [1.29, 1.82) is 0 Å². The van der Waals surface area contributed by atoms with Crippen molar-refractivity contribution in [3.05, 3.63) is 66.7 Å². The lowest BCUT2D eigenvalue weighted by Gasteiger charge is -2.24. The van der Waals surface area contributed by atoms with Crippen LogP contribution in [0.4, 0.5) is 5.69 Å². The first-order chi connectivity index (χ1) is 13.5. The van der Waals surface area contributed by atoms with Gasteiger partial charge in [-0.2, -0.15) is 0 Å². The summed E-state index contributed by atoms with van der Waals surface area (Å²) < 4.78 is 10.8. The van der Waals surface area contributed by atoms with E-state index < -0.39 is 6.10 Å². The minimum atomic E-state index is -0.645. The van der Waals surface area contributed by atoms with Gasteiger partial charge < -0.3 is 19.9 Å². The van der Waals surface area contributed by atoms with Crippen LogP contribution in [0.3, 0.4) is 0 Å². The zero-order valence-electron chi connectivity index (χ0n) is 16.4. The summed E-state index contributed by atoms with van der Waals surface area (Å²) in [5.41, 5.74) is 1.83. The lowest BCUT2D eigenvalue weighted by Crippen LogP contribution is -2.35. The SMILES string of the molecule is C=CCN(Cc1ccc(OC)cc1)CC(O)COc1ccc(NC(C)=O)cc1. The Labute approximate surface area is 166 Å². The van der Waals surface area contributed by atoms with Gasteiger partial charge >= 0.3 is 0 Å². The van der Waals surface area contributed by atoms with E-state index in [1.807, 2.05) is 30.3 Å². The van der Waals surface area contributed by atoms with Crippen LogP contribution in [0.15, 0.2) is 61.2 Å². The van der Waals surface area contributed by atoms with Crippen molar-refractivity contribution in [3.63, 3.8) is 0 Å². The Morgan fingerprint density at radius 1 is 1.18 bits per heavy atom. The molecule has 1 unspecified atom stereocenters. The van der Waals surface area contributed by atoms with Crippen LogP contribution in [0.2, 0.25) is 0 Å². The Morgan fingerprint density at radius 3 is 2.39 bits per heavy atom. The van der Waals surface area contributed by atoms with Crippen LogP contribution in [-0.2, 0) is 11.3 Å². The lowest BCUT2D eigenvalue weighted by molar-refractivity contribution is -0.114. The fourth-order valence-electron chi connectivity index (χ4n) is 2.76. The van der Waals surface area contributed by atoms with Crippen LogP contribution in [0.1, 0.15) is 12.5 Å². The number of nitrogens with zero attached hydrogens (tertiary/aromatic N) is 1. The molecule has 6 nitrogen and oxygen atoms in total. The van der Waals surface area contributed by atoms with E-state index in [-0.39, 0.29) is 12.5 Å². The van der Waals surface area contributed by atoms with Crippen LogP contribution in [-0.4, -0.2) is 48.8 Å². The number of nitrogens with one attached hydrogen (secondary N) is 1. The van der Waals surface area contributed by atoms with Crippen molar-refractivity contribution in [2.45, 2.75) is 19.6 Å². The average Bonchev–Trinajstić information content (AvgIpc) is 2.68. The van der Waals surface area contributed by atoms with E-state index in [2.05, 4.69) is 16.8 Å². The maximum absolute atomic E-state index is 11.0. The molecule has 0 saturated carbocycles. The van der Waals surface area contributed by atoms with Gasteiger partial charge in [-0.15, -0.1) is 6.58 Å². The number of anilines is 1. The molecule has 0 aromatic heterocycles. The van der Waals surface area contributed by atoms with E-state index >= 15 is 0 Å². The molecule has 0 aliphatic carbocycles. The molecule has 2 aromatic carbocycles. The third-order valence-electron chi connectivity index (χ3n) is 4.04. The number of hydrogen-bond donors (Lipinski definition) is 2. The Kier molecular flexibility index (Phi) is 8.52. The standard InChI is InChI=1S/C22H28N2O4/c1-4-13-24(14-18-5-9-21(27-3)10-6-18)15-20(26)16-28-22-11-7-19(8-12-22)23-17(2)25/h4-12,20,26H,1,13-16H2,2-3H3,(H,23,25). The van der Waals surface area contributed by atoms with Crippen molar-refractivity contribution in [2.75, 3.05) is 32.1 Å². The Morgan fingerprint density at radius 2 is 1.82 bits per heavy atom. The maximum atomic E-state index is 11.0. The van der Waals surface area contributed by atoms with Crippen LogP contribution < -0.4 is 14.8 Å². The minimum absolute atomic E-state index is 0.122. The molecule has 0 heterocycles. The van der Waals surface area contributed by atoms with E-state index in [4.69, 9.17) is 9.47 Å². The van der Waals surface area contributed by atoms with Crippen LogP contribution >= 0.6 is 0 Å². The van der Waals surface area contributed by atoms with E-state index in [1.54, 1.807) is 31.4 Å². The number of methoxy groups -OCH3 is 1. The number of aliphatic hydroxyl groups excluding tert-OH is 1. The fraction of sp³-hybridized carbons (Fsp3) is 0.318. The summed E-state index contributed by atoms with van der Waals surface area (Å²) in [6.45, 7) is 7.25. The normalized spacial score (nSPS) is 11.7. The summed E-state index contributed by atoms with van der Waals surface area (Å²) in [4.78, 5) is 13.1. The average molecular weight is 384 g/mol. The molecule has 1 atom stereocenters. The van der Waals surface area contributed by atoms with E-state index in [9.17, 15) is 9.90 Å². The first-order valence-corrected chi connectivity index (χ1v) is 9.15. The summed E-state index contributed by atoms with van der Waals surface area (Å²) in [7, 11) is 1.64. The predicted molar refractivity (Wildman–Crippen MR) is 111 cm³/mol. The van der Waals surface area contributed by atoms with Gasteiger partial charge in [-0.3, -0.25) is 9.69 Å². The van der Waals surface area contributed by atoms with Gasteiger partial charge in [-0.25, -0.2) is 0 Å². The molecule has 150 valence electrons. The monoisotopic (exact) mass is 384 g/mol. The molecular formula is C22H28N2O4. The summed E-state index contributed by atoms with van der Waals surface area (Å²) in [6, 6.07) is 14.9. The molecule has 28 heavy (non-hydrogen) atoms. The zero-order chi connectivity index (χ0) is 20.4. The summed E-state index contributed by atoms with van der Waals surface area (Å²) in [6.07, 6.45) is 1.17. The molecule has 2 aromatic rings. The molecule has 0 saturated heterocycles. The number of carbonyl (C=O) groups is 1. The molecule has 0 spiro atoms. The third kappa shape index (κ3) is 7.42. The highest BCUT2D eigenvalue weighted by Crippen LogP contribution is 2.16. The van der Waals surface area contributed by atoms with Crippen molar-refractivity contribution in [2.24, 2.45) is 0 Å². The number of rotatable bonds is 11. The first kappa shape index (κ1) is 21.5. The summed E-state index contributed by atoms with van der Waals surface area (Å²) in [5, 5.41) is 13.1. The Balaban J connectivity index is 1.84. The topological polar surface area (TPSA) is 71.0 Å². The van der Waals surface area contributed by atoms with Crippen LogP contribution in [0, 0.1) is 0 Å². The molecular weight excluding hydrogens is 356 g/mol. The molecule has 0 aliphatic heterocycles. The highest BCUT2D eigenvalue weighted by molar-refractivity contribution is 5.88. The molecule has 0 aliphatic rings. The second-order valence-corrected chi connectivity index (χ2v) is 6.50. The maximum Gasteiger partial charge on any atom is 0.221 e. The van der Waals surface area contributed by atoms with Gasteiger partial charge in [0, 0.05) is 32.2 Å². The van der Waals surface area contributed by atoms with Gasteiger partial charge in [0.05, 0.1) is 7.11 Å². The van der Waals surface area contributed by atoms with Crippen LogP contribution in [0.25, 0.3) is 0 Å². The van der Waals surface area contributed by atoms with Gasteiger partial charge in [0.1, 0.15) is 24.2 Å². The molecule has 2 rings (SSSR count). The second-order valence-electron chi connectivity index (χ2n) is 6.50. The van der Waals surface area contributed by atoms with Gasteiger partial charge in [-0.05, 0) is 42.0 Å². The number of ether oxygens (including phenoxy) is 2. The Hall–Kier alpha value is -2.83. The van der Waals surface area contributed by atoms with Gasteiger partial charge in [-0.1, -0.05) is 18.2 Å². The van der Waals surface area contributed by atoms with Crippen LogP contribution in [0.5, 0.6) is 11.5 Å². The van der Waals surface area contributed by atoms with Gasteiger partial charge in [0.15, 0.2) is 0 Å². The number of benzene rings is 2. The predicted octanol–water partition coefficient (Wildman–Crippen LogP) is 3.08. The van der Waals surface area contributed by atoms with Crippen molar-refractivity contribution < 1.29 is 19.4 Å². The van der Waals surface area contributed by atoms with E-state index in [1.165, 1.54) is 6.92 Å². The number of aliphatic hydroxyl groups is 1. The van der Waals surface area contributed by atoms with Gasteiger partial charge in [0.2, 0.25) is 5.91 Å². The quantitative estimate of drug-likeness (QED) is 0.583. The fourth-order valence-corrected chi connectivity index (χ4v) is 2.76. The Bertz CT molecular complexity index is 744. The van der Waals surface area contributed by atoms with Crippen molar-refractivity contribution in [3.8, 4) is 11.5 Å². The smallest absolute Gasteiger partial charge is 0.221 e. The molecule has 2 N–H and O–H groups in total.